The molecular formula is C33H50N6O13. The number of ether oxygens (including phenoxy) is 3. The Morgan fingerprint density at radius 2 is 1.21 bits per heavy atom. The first kappa shape index (κ1) is 44.9. The number of allylic oxidation sites excluding steroid dienone is 1. The second-order valence-corrected chi connectivity index (χ2v) is 11.4. The van der Waals surface area contributed by atoms with Crippen molar-refractivity contribution >= 4 is 41.7 Å². The smallest absolute Gasteiger partial charge is 0.338 e. The van der Waals surface area contributed by atoms with E-state index in [1.54, 1.807) is 39.0 Å². The summed E-state index contributed by atoms with van der Waals surface area (Å²) >= 11 is 0. The Bertz CT molecular complexity index is 1400. The highest BCUT2D eigenvalue weighted by Crippen LogP contribution is 2.19. The third-order valence-corrected chi connectivity index (χ3v) is 7.13. The van der Waals surface area contributed by atoms with Crippen LogP contribution in [-0.4, -0.2) is 170 Å². The minimum absolute atomic E-state index is 0.00540. The maximum atomic E-state index is 12.6. The van der Waals surface area contributed by atoms with Gasteiger partial charge in [-0.05, 0) is 44.5 Å². The van der Waals surface area contributed by atoms with E-state index >= 15 is 0 Å². The van der Waals surface area contributed by atoms with Crippen molar-refractivity contribution in [3.8, 4) is 5.75 Å². The van der Waals surface area contributed by atoms with Crippen LogP contribution >= 0.6 is 0 Å². The topological polar surface area (TPSA) is 268 Å². The van der Waals surface area contributed by atoms with Gasteiger partial charge in [-0.1, -0.05) is 6.08 Å². The summed E-state index contributed by atoms with van der Waals surface area (Å²) in [5.74, 6) is -5.33. The average molecular weight is 739 g/mol. The molecule has 0 heterocycles. The van der Waals surface area contributed by atoms with Crippen molar-refractivity contribution in [1.29, 1.82) is 0 Å². The predicted octanol–water partition coefficient (Wildman–Crippen LogP) is -1.61. The molecule has 0 saturated heterocycles. The maximum absolute atomic E-state index is 12.6. The molecule has 7 N–H and O–H groups in total. The number of carbonyl (C=O) groups is 7. The number of carbonyl (C=O) groups excluding carboxylic acids is 4. The molecular weight excluding hydrogens is 688 g/mol. The minimum atomic E-state index is -1.23. The van der Waals surface area contributed by atoms with Gasteiger partial charge < -0.3 is 45.9 Å². The van der Waals surface area contributed by atoms with Gasteiger partial charge in [-0.3, -0.25) is 38.7 Å². The fraction of sp³-hybridized carbons (Fsp3) is 0.545. The van der Waals surface area contributed by atoms with Gasteiger partial charge in [0.15, 0.2) is 0 Å². The van der Waals surface area contributed by atoms with Crippen molar-refractivity contribution in [2.24, 2.45) is 5.73 Å². The SMILES string of the molecule is C/C=C(\C)C(=O)OCCNC(=O)CN(CCN(CCN(CC(=O)O)CC(=O)NCCOC(=O)c1ccc(OCCN)c(C)c1)CC(=O)O)CC(=O)O. The highest BCUT2D eigenvalue weighted by atomic mass is 16.5. The Labute approximate surface area is 301 Å². The van der Waals surface area contributed by atoms with Crippen molar-refractivity contribution < 1.29 is 63.1 Å². The number of amides is 2. The summed E-state index contributed by atoms with van der Waals surface area (Å²) in [7, 11) is 0. The number of carboxylic acid groups (broad SMARTS) is 3. The lowest BCUT2D eigenvalue weighted by Gasteiger charge is -2.28. The molecule has 19 heteroatoms. The van der Waals surface area contributed by atoms with Crippen LogP contribution in [0.3, 0.4) is 0 Å². The van der Waals surface area contributed by atoms with Crippen molar-refractivity contribution in [3.05, 3.63) is 41.0 Å². The number of aliphatic carboxylic acids is 3. The number of aryl methyl sites for hydroxylation is 1. The molecule has 0 radical (unpaired) electrons. The zero-order valence-electron chi connectivity index (χ0n) is 29.8. The molecule has 2 amide bonds. The highest BCUT2D eigenvalue weighted by Gasteiger charge is 2.20. The van der Waals surface area contributed by atoms with E-state index in [4.69, 9.17) is 19.9 Å². The van der Waals surface area contributed by atoms with Crippen LogP contribution in [0.2, 0.25) is 0 Å². The Morgan fingerprint density at radius 3 is 1.67 bits per heavy atom. The number of rotatable bonds is 27. The average Bonchev–Trinajstić information content (AvgIpc) is 3.07. The van der Waals surface area contributed by atoms with Crippen LogP contribution in [-0.2, 0) is 38.2 Å². The van der Waals surface area contributed by atoms with Crippen LogP contribution < -0.4 is 21.1 Å². The summed E-state index contributed by atoms with van der Waals surface area (Å²) in [5, 5.41) is 33.2. The zero-order chi connectivity index (χ0) is 39.1. The molecule has 0 aromatic heterocycles. The van der Waals surface area contributed by atoms with E-state index in [-0.39, 0.29) is 71.1 Å². The number of hydrogen-bond donors (Lipinski definition) is 6. The molecule has 0 fully saturated rings. The van der Waals surface area contributed by atoms with Gasteiger partial charge in [-0.2, -0.15) is 0 Å². The molecule has 1 aromatic rings. The maximum Gasteiger partial charge on any atom is 0.338 e. The Kier molecular flexibility index (Phi) is 21.5. The largest absolute Gasteiger partial charge is 0.492 e. The number of nitrogens with one attached hydrogen (secondary N) is 2. The first-order valence-electron chi connectivity index (χ1n) is 16.4. The van der Waals surface area contributed by atoms with Gasteiger partial charge in [0.25, 0.3) is 0 Å². The van der Waals surface area contributed by atoms with Crippen LogP contribution in [0.4, 0.5) is 0 Å². The molecule has 0 bridgehead atoms. The van der Waals surface area contributed by atoms with E-state index in [1.807, 2.05) is 0 Å². The third kappa shape index (κ3) is 19.9. The Balaban J connectivity index is 2.66. The van der Waals surface area contributed by atoms with Crippen LogP contribution in [0.1, 0.15) is 29.8 Å². The van der Waals surface area contributed by atoms with Crippen LogP contribution in [0.15, 0.2) is 29.8 Å². The fourth-order valence-corrected chi connectivity index (χ4v) is 4.45. The minimum Gasteiger partial charge on any atom is -0.492 e. The second-order valence-electron chi connectivity index (χ2n) is 11.4. The number of esters is 2. The molecule has 0 spiro atoms. The summed E-state index contributed by atoms with van der Waals surface area (Å²) in [6.45, 7) is 3.02. The van der Waals surface area contributed by atoms with Crippen LogP contribution in [0, 0.1) is 6.92 Å². The van der Waals surface area contributed by atoms with Gasteiger partial charge in [-0.25, -0.2) is 9.59 Å². The van der Waals surface area contributed by atoms with E-state index in [1.165, 1.54) is 20.8 Å². The van der Waals surface area contributed by atoms with Gasteiger partial charge >= 0.3 is 29.8 Å². The highest BCUT2D eigenvalue weighted by molar-refractivity contribution is 5.90. The molecule has 1 aromatic carbocycles. The summed E-state index contributed by atoms with van der Waals surface area (Å²) in [6, 6.07) is 4.76. The quantitative estimate of drug-likeness (QED) is 0.0337. The standard InChI is InChI=1S/C33H50N6O13/c1-4-23(2)32(48)51-15-8-35-27(40)18-38(21-30(44)45)12-10-37(20-29(42)43)11-13-39(22-31(46)47)19-28(41)36-9-16-52-33(49)25-5-6-26(24(3)17-25)50-14-7-34/h4-6,17H,7-16,18-22,34H2,1-3H3,(H,35,40)(H,36,41)(H,42,43)(H,44,45)(H,46,47)/b23-4+. The number of hydrogen-bond acceptors (Lipinski definition) is 14. The lowest BCUT2D eigenvalue weighted by Crippen LogP contribution is -2.47. The van der Waals surface area contributed by atoms with E-state index in [9.17, 15) is 48.9 Å². The molecule has 290 valence electrons. The van der Waals surface area contributed by atoms with E-state index in [2.05, 4.69) is 10.6 Å². The monoisotopic (exact) mass is 738 g/mol. The van der Waals surface area contributed by atoms with Gasteiger partial charge in [-0.15, -0.1) is 0 Å². The fourth-order valence-electron chi connectivity index (χ4n) is 4.45. The molecule has 1 rings (SSSR count). The normalized spacial score (nSPS) is 11.3. The number of carboxylic acids is 3. The molecule has 19 nitrogen and oxygen atoms in total. The Morgan fingerprint density at radius 1 is 0.731 bits per heavy atom. The van der Waals surface area contributed by atoms with Gasteiger partial charge in [0.2, 0.25) is 11.8 Å². The molecule has 0 atom stereocenters. The first-order valence-corrected chi connectivity index (χ1v) is 16.4. The first-order chi connectivity index (χ1) is 24.6. The number of nitrogens with two attached hydrogens (primary N) is 1. The summed E-state index contributed by atoms with van der Waals surface area (Å²) in [5.41, 5.74) is 6.84. The summed E-state index contributed by atoms with van der Waals surface area (Å²) < 4.78 is 15.7. The van der Waals surface area contributed by atoms with Crippen LogP contribution in [0.25, 0.3) is 0 Å². The molecule has 0 unspecified atom stereocenters. The van der Waals surface area contributed by atoms with E-state index in [0.29, 0.717) is 30.0 Å². The molecule has 0 aliphatic heterocycles. The molecule has 0 aliphatic rings. The zero-order valence-corrected chi connectivity index (χ0v) is 29.8. The summed E-state index contributed by atoms with van der Waals surface area (Å²) in [6.07, 6.45) is 1.58. The van der Waals surface area contributed by atoms with Gasteiger partial charge in [0.1, 0.15) is 25.6 Å². The van der Waals surface area contributed by atoms with Crippen molar-refractivity contribution in [3.63, 3.8) is 0 Å². The number of benzene rings is 1. The molecule has 0 aliphatic carbocycles. The van der Waals surface area contributed by atoms with Gasteiger partial charge in [0.05, 0.1) is 51.4 Å². The van der Waals surface area contributed by atoms with Crippen molar-refractivity contribution in [2.75, 3.05) is 98.4 Å². The third-order valence-electron chi connectivity index (χ3n) is 7.13. The van der Waals surface area contributed by atoms with E-state index in [0.717, 1.165) is 0 Å². The Hall–Kier alpha value is -5.11. The molecule has 52 heavy (non-hydrogen) atoms. The van der Waals surface area contributed by atoms with Crippen molar-refractivity contribution in [2.45, 2.75) is 20.8 Å². The number of nitrogens with zero attached hydrogens (tertiary/aromatic N) is 3. The second kappa shape index (κ2) is 24.9. The molecule has 0 saturated carbocycles. The van der Waals surface area contributed by atoms with Gasteiger partial charge in [0, 0.05) is 38.3 Å². The lowest BCUT2D eigenvalue weighted by molar-refractivity contribution is -0.141. The predicted molar refractivity (Wildman–Crippen MR) is 185 cm³/mol. The lowest BCUT2D eigenvalue weighted by atomic mass is 10.1. The van der Waals surface area contributed by atoms with E-state index < -0.39 is 61.3 Å². The van der Waals surface area contributed by atoms with Crippen LogP contribution in [0.5, 0.6) is 5.75 Å². The van der Waals surface area contributed by atoms with Crippen molar-refractivity contribution in [1.82, 2.24) is 25.3 Å². The summed E-state index contributed by atoms with van der Waals surface area (Å²) in [4.78, 5) is 87.6.